The van der Waals surface area contributed by atoms with Crippen LogP contribution >= 0.6 is 0 Å². The molecule has 2 amide bonds. The van der Waals surface area contributed by atoms with Gasteiger partial charge in [0.1, 0.15) is 6.04 Å². The average Bonchev–Trinajstić information content (AvgIpc) is 2.51. The van der Waals surface area contributed by atoms with Crippen LogP contribution in [0.25, 0.3) is 0 Å². The maximum Gasteiger partial charge on any atom is 0.245 e. The zero-order valence-electron chi connectivity index (χ0n) is 13.5. The van der Waals surface area contributed by atoms with E-state index < -0.39 is 0 Å². The van der Waals surface area contributed by atoms with Gasteiger partial charge in [0.15, 0.2) is 0 Å². The van der Waals surface area contributed by atoms with Gasteiger partial charge in [-0.1, -0.05) is 47.0 Å². The largest absolute Gasteiger partial charge is 0.344 e. The fraction of sp³-hybridized carbons (Fsp3) is 0.875. The lowest BCUT2D eigenvalue weighted by molar-refractivity contribution is -0.134. The van der Waals surface area contributed by atoms with Gasteiger partial charge in [0.05, 0.1) is 0 Å². The van der Waals surface area contributed by atoms with Crippen molar-refractivity contribution < 1.29 is 9.59 Å². The Morgan fingerprint density at radius 1 is 1.25 bits per heavy atom. The van der Waals surface area contributed by atoms with Gasteiger partial charge in [-0.2, -0.15) is 0 Å². The van der Waals surface area contributed by atoms with Gasteiger partial charge in [0.2, 0.25) is 11.8 Å². The predicted octanol–water partition coefficient (Wildman–Crippen LogP) is 2.72. The summed E-state index contributed by atoms with van der Waals surface area (Å²) < 4.78 is 0. The molecule has 0 bridgehead atoms. The minimum atomic E-state index is -0.337. The van der Waals surface area contributed by atoms with Gasteiger partial charge < -0.3 is 10.2 Å². The number of amides is 2. The molecular weight excluding hydrogens is 252 g/mol. The normalized spacial score (nSPS) is 20.8. The minimum Gasteiger partial charge on any atom is -0.344 e. The first-order valence-corrected chi connectivity index (χ1v) is 7.97. The number of hydrogen-bond acceptors (Lipinski definition) is 2. The number of unbranched alkanes of at least 4 members (excludes halogenated alkanes) is 2. The first-order chi connectivity index (χ1) is 9.39. The molecule has 4 heteroatoms. The Morgan fingerprint density at radius 2 is 1.95 bits per heavy atom. The van der Waals surface area contributed by atoms with Gasteiger partial charge in [-0.25, -0.2) is 0 Å². The van der Waals surface area contributed by atoms with Gasteiger partial charge in [0.25, 0.3) is 0 Å². The van der Waals surface area contributed by atoms with E-state index in [1.807, 2.05) is 11.8 Å². The Hall–Kier alpha value is -1.06. The molecule has 1 saturated heterocycles. The van der Waals surface area contributed by atoms with Crippen LogP contribution in [0, 0.1) is 5.41 Å². The first kappa shape index (κ1) is 17.0. The summed E-state index contributed by atoms with van der Waals surface area (Å²) in [6.45, 7) is 9.89. The molecule has 1 aliphatic heterocycles. The Morgan fingerprint density at radius 3 is 2.55 bits per heavy atom. The van der Waals surface area contributed by atoms with Crippen molar-refractivity contribution in [1.29, 1.82) is 0 Å². The van der Waals surface area contributed by atoms with E-state index in [1.54, 1.807) is 0 Å². The Bertz CT molecular complexity index is 339. The van der Waals surface area contributed by atoms with Gasteiger partial charge in [-0.05, 0) is 18.3 Å². The summed E-state index contributed by atoms with van der Waals surface area (Å²) in [5.74, 6) is 0.0819. The molecule has 1 heterocycles. The van der Waals surface area contributed by atoms with E-state index in [0.29, 0.717) is 19.4 Å². The average molecular weight is 282 g/mol. The summed E-state index contributed by atoms with van der Waals surface area (Å²) in [4.78, 5) is 26.0. The van der Waals surface area contributed by atoms with Gasteiger partial charge >= 0.3 is 0 Å². The molecule has 0 spiro atoms. The van der Waals surface area contributed by atoms with Gasteiger partial charge in [-0.15, -0.1) is 0 Å². The zero-order chi connectivity index (χ0) is 15.2. The molecule has 0 aromatic heterocycles. The number of nitrogens with zero attached hydrogens (tertiary/aromatic N) is 1. The quantitative estimate of drug-likeness (QED) is 0.730. The summed E-state index contributed by atoms with van der Waals surface area (Å²) in [6, 6.07) is -0.337. The number of carbonyl (C=O) groups excluding carboxylic acids is 2. The van der Waals surface area contributed by atoms with Gasteiger partial charge in [0, 0.05) is 19.5 Å². The smallest absolute Gasteiger partial charge is 0.245 e. The number of nitrogens with one attached hydrogen (secondary N) is 1. The molecule has 116 valence electrons. The van der Waals surface area contributed by atoms with Gasteiger partial charge in [-0.3, -0.25) is 9.59 Å². The number of carbonyl (C=O) groups is 2. The van der Waals surface area contributed by atoms with Crippen molar-refractivity contribution in [2.24, 2.45) is 5.41 Å². The SMILES string of the molecule is CCCCCC(C)(C)CN1CCC(=O)NC(CC)C1=O. The van der Waals surface area contributed by atoms with Crippen molar-refractivity contribution in [2.75, 3.05) is 13.1 Å². The van der Waals surface area contributed by atoms with Crippen LogP contribution in [0.1, 0.15) is 66.2 Å². The summed E-state index contributed by atoms with van der Waals surface area (Å²) in [5, 5.41) is 2.82. The second-order valence-electron chi connectivity index (χ2n) is 6.66. The molecule has 0 aromatic rings. The van der Waals surface area contributed by atoms with Crippen molar-refractivity contribution >= 4 is 11.8 Å². The van der Waals surface area contributed by atoms with E-state index in [9.17, 15) is 9.59 Å². The summed E-state index contributed by atoms with van der Waals surface area (Å²) in [7, 11) is 0. The highest BCUT2D eigenvalue weighted by atomic mass is 16.2. The lowest BCUT2D eigenvalue weighted by Gasteiger charge is -2.33. The van der Waals surface area contributed by atoms with Crippen LogP contribution in [-0.4, -0.2) is 35.8 Å². The molecule has 4 nitrogen and oxygen atoms in total. The molecular formula is C16H30N2O2. The second-order valence-corrected chi connectivity index (χ2v) is 6.66. The van der Waals surface area contributed by atoms with Crippen LogP contribution in [0.15, 0.2) is 0 Å². The Labute approximate surface area is 123 Å². The molecule has 1 aliphatic rings. The molecule has 1 fully saturated rings. The molecule has 1 N–H and O–H groups in total. The topological polar surface area (TPSA) is 49.4 Å². The summed E-state index contributed by atoms with van der Waals surface area (Å²) in [5.41, 5.74) is 0.122. The van der Waals surface area contributed by atoms with E-state index in [1.165, 1.54) is 19.3 Å². The third kappa shape index (κ3) is 5.14. The number of rotatable bonds is 7. The third-order valence-electron chi connectivity index (χ3n) is 4.04. The van der Waals surface area contributed by atoms with Crippen molar-refractivity contribution in [3.63, 3.8) is 0 Å². The molecule has 0 saturated carbocycles. The Kier molecular flexibility index (Phi) is 6.50. The van der Waals surface area contributed by atoms with E-state index >= 15 is 0 Å². The summed E-state index contributed by atoms with van der Waals surface area (Å²) in [6.07, 6.45) is 5.89. The van der Waals surface area contributed by atoms with E-state index in [2.05, 4.69) is 26.1 Å². The molecule has 0 aromatic carbocycles. The standard InChI is InChI=1S/C16H30N2O2/c1-5-7-8-10-16(3,4)12-18-11-9-14(19)17-13(6-2)15(18)20/h13H,5-12H2,1-4H3,(H,17,19). The molecule has 20 heavy (non-hydrogen) atoms. The van der Waals surface area contributed by atoms with Crippen LogP contribution in [0.3, 0.4) is 0 Å². The van der Waals surface area contributed by atoms with E-state index in [0.717, 1.165) is 13.0 Å². The van der Waals surface area contributed by atoms with Crippen LogP contribution in [0.4, 0.5) is 0 Å². The second kappa shape index (κ2) is 7.65. The van der Waals surface area contributed by atoms with Crippen molar-refractivity contribution in [1.82, 2.24) is 10.2 Å². The van der Waals surface area contributed by atoms with E-state index in [-0.39, 0.29) is 23.3 Å². The van der Waals surface area contributed by atoms with Crippen LogP contribution in [0.5, 0.6) is 0 Å². The number of hydrogen-bond donors (Lipinski definition) is 1. The molecule has 0 radical (unpaired) electrons. The molecule has 1 unspecified atom stereocenters. The van der Waals surface area contributed by atoms with Crippen LogP contribution < -0.4 is 5.32 Å². The lowest BCUT2D eigenvalue weighted by atomic mass is 9.86. The Balaban J connectivity index is 2.63. The highest BCUT2D eigenvalue weighted by Gasteiger charge is 2.31. The summed E-state index contributed by atoms with van der Waals surface area (Å²) >= 11 is 0. The minimum absolute atomic E-state index is 0.00325. The molecule has 0 aliphatic carbocycles. The predicted molar refractivity (Wildman–Crippen MR) is 81.3 cm³/mol. The highest BCUT2D eigenvalue weighted by molar-refractivity contribution is 5.89. The fourth-order valence-electron chi connectivity index (χ4n) is 2.78. The first-order valence-electron chi connectivity index (χ1n) is 7.97. The molecule has 1 rings (SSSR count). The van der Waals surface area contributed by atoms with Crippen molar-refractivity contribution in [2.45, 2.75) is 72.3 Å². The zero-order valence-corrected chi connectivity index (χ0v) is 13.5. The van der Waals surface area contributed by atoms with Crippen molar-refractivity contribution in [3.05, 3.63) is 0 Å². The fourth-order valence-corrected chi connectivity index (χ4v) is 2.78. The van der Waals surface area contributed by atoms with Crippen LogP contribution in [0.2, 0.25) is 0 Å². The van der Waals surface area contributed by atoms with Crippen molar-refractivity contribution in [3.8, 4) is 0 Å². The maximum atomic E-state index is 12.4. The maximum absolute atomic E-state index is 12.4. The highest BCUT2D eigenvalue weighted by Crippen LogP contribution is 2.26. The van der Waals surface area contributed by atoms with E-state index in [4.69, 9.17) is 0 Å². The molecule has 1 atom stereocenters. The van der Waals surface area contributed by atoms with Crippen LogP contribution in [-0.2, 0) is 9.59 Å². The third-order valence-corrected chi connectivity index (χ3v) is 4.04. The monoisotopic (exact) mass is 282 g/mol. The lowest BCUT2D eigenvalue weighted by Crippen LogP contribution is -2.47.